The standard InChI is InChI=1S/C14H17NO3S2/c16-13(11-3-1-2-7-19-11)15-6-4-10-9(5-8-20-10)12(15)14(17)18/h5,8,11-12H,1-4,6-7H2,(H,17,18). The lowest BCUT2D eigenvalue weighted by Crippen LogP contribution is -2.47. The van der Waals surface area contributed by atoms with Crippen molar-refractivity contribution in [2.24, 2.45) is 0 Å². The Kier molecular flexibility index (Phi) is 4.03. The Morgan fingerprint density at radius 1 is 1.35 bits per heavy atom. The van der Waals surface area contributed by atoms with Gasteiger partial charge in [0.15, 0.2) is 6.04 Å². The fourth-order valence-electron chi connectivity index (χ4n) is 2.94. The largest absolute Gasteiger partial charge is 0.479 e. The molecule has 0 aliphatic carbocycles. The quantitative estimate of drug-likeness (QED) is 0.912. The van der Waals surface area contributed by atoms with Crippen molar-refractivity contribution in [3.05, 3.63) is 21.9 Å². The highest BCUT2D eigenvalue weighted by Crippen LogP contribution is 2.36. The van der Waals surface area contributed by atoms with E-state index in [1.165, 1.54) is 0 Å². The first-order valence-electron chi connectivity index (χ1n) is 6.89. The average Bonchev–Trinajstić information content (AvgIpc) is 2.94. The third-order valence-corrected chi connectivity index (χ3v) is 6.30. The van der Waals surface area contributed by atoms with Gasteiger partial charge in [0.25, 0.3) is 0 Å². The van der Waals surface area contributed by atoms with Crippen LogP contribution >= 0.6 is 23.1 Å². The molecular weight excluding hydrogens is 294 g/mol. The Morgan fingerprint density at radius 2 is 2.20 bits per heavy atom. The Labute approximate surface area is 126 Å². The van der Waals surface area contributed by atoms with E-state index in [2.05, 4.69) is 0 Å². The van der Waals surface area contributed by atoms with Crippen molar-refractivity contribution in [3.63, 3.8) is 0 Å². The van der Waals surface area contributed by atoms with Gasteiger partial charge in [0, 0.05) is 11.4 Å². The molecule has 3 rings (SSSR count). The zero-order valence-corrected chi connectivity index (χ0v) is 12.7. The summed E-state index contributed by atoms with van der Waals surface area (Å²) in [7, 11) is 0. The summed E-state index contributed by atoms with van der Waals surface area (Å²) in [4.78, 5) is 27.0. The third-order valence-electron chi connectivity index (χ3n) is 3.94. The topological polar surface area (TPSA) is 57.6 Å². The Morgan fingerprint density at radius 3 is 2.90 bits per heavy atom. The van der Waals surface area contributed by atoms with Crippen LogP contribution in [0.2, 0.25) is 0 Å². The summed E-state index contributed by atoms with van der Waals surface area (Å²) in [6, 6.07) is 1.06. The third kappa shape index (κ3) is 2.46. The van der Waals surface area contributed by atoms with Gasteiger partial charge in [0.1, 0.15) is 0 Å². The summed E-state index contributed by atoms with van der Waals surface area (Å²) >= 11 is 3.27. The molecule has 2 aliphatic rings. The second-order valence-electron chi connectivity index (χ2n) is 5.18. The normalized spacial score (nSPS) is 26.1. The maximum Gasteiger partial charge on any atom is 0.331 e. The number of rotatable bonds is 2. The van der Waals surface area contributed by atoms with Crippen LogP contribution in [0.25, 0.3) is 0 Å². The molecule has 0 aromatic carbocycles. The number of thioether (sulfide) groups is 1. The van der Waals surface area contributed by atoms with Gasteiger partial charge in [-0.1, -0.05) is 6.42 Å². The predicted octanol–water partition coefficient (Wildman–Crippen LogP) is 2.54. The summed E-state index contributed by atoms with van der Waals surface area (Å²) in [6.07, 6.45) is 3.88. The number of carboxylic acids is 1. The van der Waals surface area contributed by atoms with Crippen molar-refractivity contribution < 1.29 is 14.7 Å². The minimum Gasteiger partial charge on any atom is -0.479 e. The maximum atomic E-state index is 12.6. The first kappa shape index (κ1) is 13.9. The summed E-state index contributed by atoms with van der Waals surface area (Å²) in [6.45, 7) is 0.528. The minimum absolute atomic E-state index is 0.0129. The molecular formula is C14H17NO3S2. The predicted molar refractivity (Wildman–Crippen MR) is 80.2 cm³/mol. The van der Waals surface area contributed by atoms with E-state index in [0.29, 0.717) is 6.54 Å². The van der Waals surface area contributed by atoms with Gasteiger partial charge in [0.2, 0.25) is 5.91 Å². The minimum atomic E-state index is -0.918. The highest BCUT2D eigenvalue weighted by Gasteiger charge is 2.39. The Hall–Kier alpha value is -1.01. The number of aliphatic carboxylic acids is 1. The average molecular weight is 311 g/mol. The van der Waals surface area contributed by atoms with Gasteiger partial charge >= 0.3 is 5.97 Å². The number of hydrogen-bond acceptors (Lipinski definition) is 4. The van der Waals surface area contributed by atoms with Crippen LogP contribution in [0.5, 0.6) is 0 Å². The van der Waals surface area contributed by atoms with Crippen molar-refractivity contribution in [1.29, 1.82) is 0 Å². The van der Waals surface area contributed by atoms with Crippen LogP contribution in [0.1, 0.15) is 35.7 Å². The van der Waals surface area contributed by atoms with E-state index in [4.69, 9.17) is 0 Å². The maximum absolute atomic E-state index is 12.6. The van der Waals surface area contributed by atoms with Crippen molar-refractivity contribution in [2.75, 3.05) is 12.3 Å². The zero-order valence-electron chi connectivity index (χ0n) is 11.1. The highest BCUT2D eigenvalue weighted by molar-refractivity contribution is 8.00. The van der Waals surface area contributed by atoms with Crippen molar-refractivity contribution in [3.8, 4) is 0 Å². The van der Waals surface area contributed by atoms with Gasteiger partial charge in [-0.3, -0.25) is 4.79 Å². The molecule has 3 heterocycles. The molecule has 1 fully saturated rings. The van der Waals surface area contributed by atoms with Gasteiger partial charge < -0.3 is 10.0 Å². The Balaban J connectivity index is 1.85. The van der Waals surface area contributed by atoms with Crippen LogP contribution in [0.4, 0.5) is 0 Å². The second kappa shape index (κ2) is 5.77. The molecule has 0 saturated carbocycles. The number of carboxylic acid groups (broad SMARTS) is 1. The zero-order chi connectivity index (χ0) is 14.1. The van der Waals surface area contributed by atoms with Crippen LogP contribution in [0.3, 0.4) is 0 Å². The summed E-state index contributed by atoms with van der Waals surface area (Å²) < 4.78 is 0. The molecule has 2 unspecified atom stereocenters. The first-order valence-corrected chi connectivity index (χ1v) is 8.82. The highest BCUT2D eigenvalue weighted by atomic mass is 32.2. The number of hydrogen-bond donors (Lipinski definition) is 1. The molecule has 20 heavy (non-hydrogen) atoms. The summed E-state index contributed by atoms with van der Waals surface area (Å²) in [5.74, 6) is 0.101. The van der Waals surface area contributed by atoms with Crippen LogP contribution in [0, 0.1) is 0 Å². The van der Waals surface area contributed by atoms with Crippen LogP contribution < -0.4 is 0 Å². The van der Waals surface area contributed by atoms with Gasteiger partial charge in [-0.25, -0.2) is 4.79 Å². The molecule has 0 spiro atoms. The first-order chi connectivity index (χ1) is 9.68. The van der Waals surface area contributed by atoms with E-state index in [-0.39, 0.29) is 11.2 Å². The number of nitrogens with zero attached hydrogens (tertiary/aromatic N) is 1. The molecule has 1 saturated heterocycles. The lowest BCUT2D eigenvalue weighted by Gasteiger charge is -2.36. The number of fused-ring (bicyclic) bond motifs is 1. The molecule has 0 bridgehead atoms. The van der Waals surface area contributed by atoms with Crippen molar-refractivity contribution in [2.45, 2.75) is 37.0 Å². The van der Waals surface area contributed by atoms with E-state index in [9.17, 15) is 14.7 Å². The molecule has 0 radical (unpaired) electrons. The van der Waals surface area contributed by atoms with E-state index in [0.717, 1.165) is 41.9 Å². The molecule has 1 aromatic heterocycles. The van der Waals surface area contributed by atoms with Gasteiger partial charge in [-0.15, -0.1) is 23.1 Å². The van der Waals surface area contributed by atoms with Crippen LogP contribution in [-0.4, -0.2) is 39.4 Å². The fraction of sp³-hybridized carbons (Fsp3) is 0.571. The molecule has 1 aromatic rings. The monoisotopic (exact) mass is 311 g/mol. The smallest absolute Gasteiger partial charge is 0.331 e. The molecule has 6 heteroatoms. The SMILES string of the molecule is O=C(O)C1c2ccsc2CCN1C(=O)C1CCCCS1. The van der Waals surface area contributed by atoms with E-state index < -0.39 is 12.0 Å². The fourth-order valence-corrected chi connectivity index (χ4v) is 5.11. The molecule has 1 N–H and O–H groups in total. The summed E-state index contributed by atoms with van der Waals surface area (Å²) in [5.41, 5.74) is 0.808. The number of carbonyl (C=O) groups excluding carboxylic acids is 1. The van der Waals surface area contributed by atoms with Gasteiger partial charge in [-0.2, -0.15) is 0 Å². The van der Waals surface area contributed by atoms with Crippen LogP contribution in [0.15, 0.2) is 11.4 Å². The lowest BCUT2D eigenvalue weighted by atomic mass is 9.99. The molecule has 4 nitrogen and oxygen atoms in total. The van der Waals surface area contributed by atoms with Gasteiger partial charge in [-0.05, 0) is 42.0 Å². The summed E-state index contributed by atoms with van der Waals surface area (Å²) in [5, 5.41) is 11.4. The number of thiophene rings is 1. The van der Waals surface area contributed by atoms with Gasteiger partial charge in [0.05, 0.1) is 5.25 Å². The molecule has 108 valence electrons. The molecule has 2 aliphatic heterocycles. The van der Waals surface area contributed by atoms with Crippen molar-refractivity contribution >= 4 is 35.0 Å². The Bertz CT molecular complexity index is 522. The van der Waals surface area contributed by atoms with E-state index >= 15 is 0 Å². The van der Waals surface area contributed by atoms with E-state index in [1.807, 2.05) is 11.4 Å². The second-order valence-corrected chi connectivity index (χ2v) is 7.49. The molecule has 1 amide bonds. The van der Waals surface area contributed by atoms with Crippen molar-refractivity contribution in [1.82, 2.24) is 4.90 Å². The lowest BCUT2D eigenvalue weighted by molar-refractivity contribution is -0.151. The van der Waals surface area contributed by atoms with E-state index in [1.54, 1.807) is 28.0 Å². The number of carbonyl (C=O) groups is 2. The number of amides is 1. The van der Waals surface area contributed by atoms with Crippen LogP contribution in [-0.2, 0) is 16.0 Å². The molecule has 2 atom stereocenters.